The van der Waals surface area contributed by atoms with Crippen LogP contribution in [-0.2, 0) is 16.4 Å². The number of H-pyrrole nitrogens is 2. The van der Waals surface area contributed by atoms with Crippen LogP contribution in [0, 0.1) is 6.92 Å². The highest BCUT2D eigenvalue weighted by Gasteiger charge is 2.21. The topological polar surface area (TPSA) is 104 Å². The zero-order chi connectivity index (χ0) is 14.0. The van der Waals surface area contributed by atoms with Gasteiger partial charge < -0.3 is 9.97 Å². The number of aromatic amines is 2. The van der Waals surface area contributed by atoms with Gasteiger partial charge in [-0.2, -0.15) is 4.72 Å². The van der Waals surface area contributed by atoms with Crippen molar-refractivity contribution in [2.24, 2.45) is 0 Å². The van der Waals surface area contributed by atoms with E-state index in [0.717, 1.165) is 5.69 Å². The number of hydrogen-bond acceptors (Lipinski definition) is 4. The van der Waals surface area contributed by atoms with Gasteiger partial charge >= 0.3 is 0 Å². The maximum absolute atomic E-state index is 12.1. The van der Waals surface area contributed by atoms with Crippen molar-refractivity contribution in [3.8, 4) is 0 Å². The Morgan fingerprint density at radius 3 is 2.58 bits per heavy atom. The fourth-order valence-electron chi connectivity index (χ4n) is 1.66. The summed E-state index contributed by atoms with van der Waals surface area (Å²) in [5.74, 6) is 1.22. The molecule has 0 spiro atoms. The minimum absolute atomic E-state index is 0.0690. The van der Waals surface area contributed by atoms with Crippen molar-refractivity contribution in [2.75, 3.05) is 0 Å². The van der Waals surface area contributed by atoms with E-state index in [-0.39, 0.29) is 5.03 Å². The van der Waals surface area contributed by atoms with Crippen LogP contribution in [-0.4, -0.2) is 28.4 Å². The molecule has 3 N–H and O–H groups in total. The number of nitrogens with one attached hydrogen (secondary N) is 3. The molecule has 0 radical (unpaired) electrons. The molecule has 7 nitrogen and oxygen atoms in total. The van der Waals surface area contributed by atoms with Crippen LogP contribution in [0.4, 0.5) is 0 Å². The third-order valence-electron chi connectivity index (χ3n) is 2.69. The molecule has 8 heteroatoms. The molecule has 0 bridgehead atoms. The second kappa shape index (κ2) is 5.14. The lowest BCUT2D eigenvalue weighted by atomic mass is 10.3. The van der Waals surface area contributed by atoms with E-state index in [1.165, 1.54) is 6.20 Å². The van der Waals surface area contributed by atoms with Gasteiger partial charge in [-0.3, -0.25) is 0 Å². The SMILES string of the molecule is CCc1ncc(S(=O)(=O)N[C@H](C)c2ncc(C)[nH]2)[nH]1. The Balaban J connectivity index is 2.17. The van der Waals surface area contributed by atoms with Crippen molar-refractivity contribution < 1.29 is 8.42 Å². The minimum atomic E-state index is -3.62. The number of rotatable bonds is 5. The van der Waals surface area contributed by atoms with Crippen LogP contribution >= 0.6 is 0 Å². The number of aromatic nitrogens is 4. The molecular formula is C11H17N5O2S. The molecule has 19 heavy (non-hydrogen) atoms. The summed E-state index contributed by atoms with van der Waals surface area (Å²) in [6.45, 7) is 5.49. The van der Waals surface area contributed by atoms with E-state index in [1.807, 2.05) is 13.8 Å². The highest BCUT2D eigenvalue weighted by molar-refractivity contribution is 7.89. The first-order valence-electron chi connectivity index (χ1n) is 6.00. The molecule has 0 aliphatic heterocycles. The van der Waals surface area contributed by atoms with Gasteiger partial charge in [-0.1, -0.05) is 6.92 Å². The van der Waals surface area contributed by atoms with Crippen molar-refractivity contribution >= 4 is 10.0 Å². The Morgan fingerprint density at radius 1 is 1.32 bits per heavy atom. The monoisotopic (exact) mass is 283 g/mol. The lowest BCUT2D eigenvalue weighted by molar-refractivity contribution is 0.557. The highest BCUT2D eigenvalue weighted by atomic mass is 32.2. The van der Waals surface area contributed by atoms with Crippen molar-refractivity contribution in [2.45, 2.75) is 38.3 Å². The summed E-state index contributed by atoms with van der Waals surface area (Å²) in [4.78, 5) is 13.9. The minimum Gasteiger partial charge on any atom is -0.345 e. The van der Waals surface area contributed by atoms with Gasteiger partial charge in [-0.25, -0.2) is 18.4 Å². The molecule has 0 unspecified atom stereocenters. The van der Waals surface area contributed by atoms with Gasteiger partial charge in [0, 0.05) is 18.3 Å². The van der Waals surface area contributed by atoms with E-state index in [4.69, 9.17) is 0 Å². The number of hydrogen-bond donors (Lipinski definition) is 3. The molecule has 0 saturated heterocycles. The Labute approximate surface area is 111 Å². The van der Waals surface area contributed by atoms with Gasteiger partial charge in [0.2, 0.25) is 0 Å². The van der Waals surface area contributed by atoms with E-state index in [1.54, 1.807) is 13.1 Å². The quantitative estimate of drug-likeness (QED) is 0.762. The average Bonchev–Trinajstić information content (AvgIpc) is 2.96. The fraction of sp³-hybridized carbons (Fsp3) is 0.455. The van der Waals surface area contributed by atoms with Gasteiger partial charge in [0.05, 0.1) is 12.2 Å². The van der Waals surface area contributed by atoms with E-state index >= 15 is 0 Å². The van der Waals surface area contributed by atoms with E-state index in [2.05, 4.69) is 24.7 Å². The van der Waals surface area contributed by atoms with Crippen molar-refractivity contribution in [3.05, 3.63) is 29.7 Å². The second-order valence-corrected chi connectivity index (χ2v) is 6.02. The van der Waals surface area contributed by atoms with Crippen LogP contribution in [0.1, 0.15) is 37.2 Å². The predicted molar refractivity (Wildman–Crippen MR) is 70.0 cm³/mol. The van der Waals surface area contributed by atoms with Crippen LogP contribution in [0.2, 0.25) is 0 Å². The standard InChI is InChI=1S/C11H17N5O2S/c1-4-9-12-6-10(15-9)19(17,18)16-8(3)11-13-5-7(2)14-11/h5-6,8,16H,4H2,1-3H3,(H,12,15)(H,13,14)/t8-/m1/s1. The number of sulfonamides is 1. The summed E-state index contributed by atoms with van der Waals surface area (Å²) in [6, 6.07) is -0.438. The van der Waals surface area contributed by atoms with Crippen LogP contribution in [0.15, 0.2) is 17.4 Å². The summed E-state index contributed by atoms with van der Waals surface area (Å²) < 4.78 is 26.8. The summed E-state index contributed by atoms with van der Waals surface area (Å²) in [5, 5.41) is 0.0690. The molecule has 2 heterocycles. The third kappa shape index (κ3) is 3.02. The smallest absolute Gasteiger partial charge is 0.258 e. The van der Waals surface area contributed by atoms with Crippen molar-refractivity contribution in [3.63, 3.8) is 0 Å². The molecule has 0 aliphatic carbocycles. The molecule has 0 amide bonds. The molecule has 2 aromatic rings. The molecule has 1 atom stereocenters. The van der Waals surface area contributed by atoms with Crippen LogP contribution < -0.4 is 4.72 Å². The lowest BCUT2D eigenvalue weighted by Crippen LogP contribution is -2.27. The maximum atomic E-state index is 12.1. The summed E-state index contributed by atoms with van der Waals surface area (Å²) >= 11 is 0. The molecular weight excluding hydrogens is 266 g/mol. The lowest BCUT2D eigenvalue weighted by Gasteiger charge is -2.10. The Morgan fingerprint density at radius 2 is 2.05 bits per heavy atom. The molecule has 0 saturated carbocycles. The highest BCUT2D eigenvalue weighted by Crippen LogP contribution is 2.13. The number of aryl methyl sites for hydroxylation is 2. The summed E-state index contributed by atoms with van der Waals surface area (Å²) in [6.07, 6.45) is 3.63. The Hall–Kier alpha value is -1.67. The van der Waals surface area contributed by atoms with Crippen LogP contribution in [0.25, 0.3) is 0 Å². The Bertz CT molecular complexity index is 658. The van der Waals surface area contributed by atoms with Gasteiger partial charge in [0.15, 0.2) is 5.03 Å². The van der Waals surface area contributed by atoms with Gasteiger partial charge in [-0.05, 0) is 13.8 Å². The number of nitrogens with zero attached hydrogens (tertiary/aromatic N) is 2. The van der Waals surface area contributed by atoms with E-state index in [0.29, 0.717) is 18.1 Å². The van der Waals surface area contributed by atoms with Crippen molar-refractivity contribution in [1.82, 2.24) is 24.7 Å². The predicted octanol–water partition coefficient (Wildman–Crippen LogP) is 1.04. The first-order chi connectivity index (χ1) is 8.92. The Kier molecular flexibility index (Phi) is 3.72. The molecule has 2 aromatic heterocycles. The maximum Gasteiger partial charge on any atom is 0.258 e. The second-order valence-electron chi connectivity index (χ2n) is 4.34. The third-order valence-corrected chi connectivity index (χ3v) is 4.14. The molecule has 0 fully saturated rings. The van der Waals surface area contributed by atoms with Crippen LogP contribution in [0.3, 0.4) is 0 Å². The molecule has 104 valence electrons. The summed E-state index contributed by atoms with van der Waals surface area (Å²) in [7, 11) is -3.62. The fourth-order valence-corrected chi connectivity index (χ4v) is 2.81. The first kappa shape index (κ1) is 13.8. The molecule has 0 aromatic carbocycles. The normalized spacial score (nSPS) is 13.6. The largest absolute Gasteiger partial charge is 0.345 e. The summed E-state index contributed by atoms with van der Waals surface area (Å²) in [5.41, 5.74) is 0.885. The molecule has 0 aliphatic rings. The van der Waals surface area contributed by atoms with Gasteiger partial charge in [0.25, 0.3) is 10.0 Å². The van der Waals surface area contributed by atoms with Gasteiger partial charge in [0.1, 0.15) is 11.6 Å². The van der Waals surface area contributed by atoms with Crippen molar-refractivity contribution in [1.29, 1.82) is 0 Å². The molecule has 2 rings (SSSR count). The van der Waals surface area contributed by atoms with Gasteiger partial charge in [-0.15, -0.1) is 0 Å². The zero-order valence-corrected chi connectivity index (χ0v) is 11.9. The van der Waals surface area contributed by atoms with E-state index < -0.39 is 16.1 Å². The number of imidazole rings is 2. The van der Waals surface area contributed by atoms with Crippen LogP contribution in [0.5, 0.6) is 0 Å². The van der Waals surface area contributed by atoms with E-state index in [9.17, 15) is 8.42 Å². The first-order valence-corrected chi connectivity index (χ1v) is 7.48. The average molecular weight is 283 g/mol. The zero-order valence-electron chi connectivity index (χ0n) is 11.1.